The van der Waals surface area contributed by atoms with Crippen molar-refractivity contribution in [3.8, 4) is 0 Å². The number of fused-ring (bicyclic) bond motifs is 1. The third kappa shape index (κ3) is 2.17. The van der Waals surface area contributed by atoms with E-state index < -0.39 is 0 Å². The van der Waals surface area contributed by atoms with E-state index in [-0.39, 0.29) is 5.91 Å². The highest BCUT2D eigenvalue weighted by molar-refractivity contribution is 7.12. The van der Waals surface area contributed by atoms with Gasteiger partial charge in [0.2, 0.25) is 0 Å². The highest BCUT2D eigenvalue weighted by Gasteiger charge is 2.32. The van der Waals surface area contributed by atoms with E-state index in [1.807, 2.05) is 40.6 Å². The van der Waals surface area contributed by atoms with Crippen LogP contribution in [0, 0.1) is 0 Å². The molecule has 1 unspecified atom stereocenters. The first-order chi connectivity index (χ1) is 9.31. The van der Waals surface area contributed by atoms with E-state index in [1.165, 1.54) is 16.9 Å². The molecule has 0 radical (unpaired) electrons. The van der Waals surface area contributed by atoms with Gasteiger partial charge in [-0.15, -0.1) is 11.3 Å². The maximum atomic E-state index is 12.5. The zero-order valence-corrected chi connectivity index (χ0v) is 11.4. The summed E-state index contributed by atoms with van der Waals surface area (Å²) in [6, 6.07) is 11.9. The second-order valence-corrected chi connectivity index (χ2v) is 5.67. The second kappa shape index (κ2) is 5.15. The molecule has 0 saturated heterocycles. The summed E-state index contributed by atoms with van der Waals surface area (Å²) >= 11 is 1.49. The summed E-state index contributed by atoms with van der Waals surface area (Å²) in [7, 11) is 0. The molecule has 1 aliphatic rings. The highest BCUT2D eigenvalue weighted by Crippen LogP contribution is 2.38. The minimum atomic E-state index is 0.0990. The molecular weight excluding hydrogens is 256 g/mol. The van der Waals surface area contributed by atoms with Crippen molar-refractivity contribution in [1.82, 2.24) is 0 Å². The van der Waals surface area contributed by atoms with E-state index in [1.54, 1.807) is 0 Å². The second-order valence-electron chi connectivity index (χ2n) is 4.73. The molecule has 0 fully saturated rings. The molecule has 98 valence electrons. The number of carbonyl (C=O) groups is 1. The Morgan fingerprint density at radius 2 is 2.16 bits per heavy atom. The summed E-state index contributed by atoms with van der Waals surface area (Å²) < 4.78 is 0. The van der Waals surface area contributed by atoms with Crippen LogP contribution >= 0.6 is 11.3 Å². The van der Waals surface area contributed by atoms with Crippen molar-refractivity contribution in [2.45, 2.75) is 12.3 Å². The predicted octanol–water partition coefficient (Wildman–Crippen LogP) is 2.84. The van der Waals surface area contributed by atoms with E-state index in [0.29, 0.717) is 12.5 Å². The van der Waals surface area contributed by atoms with E-state index in [0.717, 1.165) is 23.5 Å². The van der Waals surface area contributed by atoms with Gasteiger partial charge in [-0.3, -0.25) is 4.79 Å². The quantitative estimate of drug-likeness (QED) is 0.934. The molecule has 0 spiro atoms. The van der Waals surface area contributed by atoms with Gasteiger partial charge in [0, 0.05) is 18.2 Å². The summed E-state index contributed by atoms with van der Waals surface area (Å²) in [6.07, 6.45) is 0.922. The van der Waals surface area contributed by atoms with Gasteiger partial charge in [-0.05, 0) is 36.0 Å². The molecule has 2 aromatic rings. The first-order valence-corrected chi connectivity index (χ1v) is 7.33. The standard InChI is InChI=1S/C15H16N2OS/c16-8-7-11-10-17(13-5-2-1-4-12(11)13)15(18)14-6-3-9-19-14/h1-6,9,11H,7-8,10,16H2. The summed E-state index contributed by atoms with van der Waals surface area (Å²) in [5.41, 5.74) is 7.97. The molecule has 1 aliphatic heterocycles. The van der Waals surface area contributed by atoms with Crippen LogP contribution in [0.4, 0.5) is 5.69 Å². The lowest BCUT2D eigenvalue weighted by molar-refractivity contribution is 0.0992. The number of thiophene rings is 1. The maximum Gasteiger partial charge on any atom is 0.268 e. The number of nitrogens with two attached hydrogens (primary N) is 1. The van der Waals surface area contributed by atoms with Crippen molar-refractivity contribution >= 4 is 22.9 Å². The fourth-order valence-corrected chi connectivity index (χ4v) is 3.34. The van der Waals surface area contributed by atoms with Crippen LogP contribution in [-0.2, 0) is 0 Å². The maximum absolute atomic E-state index is 12.5. The van der Waals surface area contributed by atoms with Gasteiger partial charge in [0.25, 0.3) is 5.91 Å². The Labute approximate surface area is 116 Å². The summed E-state index contributed by atoms with van der Waals surface area (Å²) in [4.78, 5) is 15.2. The molecule has 2 heterocycles. The number of benzene rings is 1. The Bertz CT molecular complexity index is 580. The first-order valence-electron chi connectivity index (χ1n) is 6.45. The average molecular weight is 272 g/mol. The molecule has 1 aromatic carbocycles. The van der Waals surface area contributed by atoms with Gasteiger partial charge in [0.05, 0.1) is 4.88 Å². The predicted molar refractivity (Wildman–Crippen MR) is 78.8 cm³/mol. The molecular formula is C15H16N2OS. The van der Waals surface area contributed by atoms with Gasteiger partial charge in [-0.2, -0.15) is 0 Å². The normalized spacial score (nSPS) is 17.5. The lowest BCUT2D eigenvalue weighted by Crippen LogP contribution is -2.29. The number of anilines is 1. The number of carbonyl (C=O) groups excluding carboxylic acids is 1. The van der Waals surface area contributed by atoms with E-state index >= 15 is 0 Å². The van der Waals surface area contributed by atoms with Crippen LogP contribution in [0.2, 0.25) is 0 Å². The van der Waals surface area contributed by atoms with Crippen molar-refractivity contribution in [3.63, 3.8) is 0 Å². The lowest BCUT2D eigenvalue weighted by atomic mass is 9.98. The third-order valence-corrected chi connectivity index (χ3v) is 4.42. The molecule has 19 heavy (non-hydrogen) atoms. The van der Waals surface area contributed by atoms with Crippen LogP contribution in [0.5, 0.6) is 0 Å². The van der Waals surface area contributed by atoms with Crippen LogP contribution in [0.1, 0.15) is 27.6 Å². The lowest BCUT2D eigenvalue weighted by Gasteiger charge is -2.16. The Kier molecular flexibility index (Phi) is 3.36. The van der Waals surface area contributed by atoms with Crippen molar-refractivity contribution in [3.05, 3.63) is 52.2 Å². The number of hydrogen-bond acceptors (Lipinski definition) is 3. The fourth-order valence-electron chi connectivity index (χ4n) is 2.67. The highest BCUT2D eigenvalue weighted by atomic mass is 32.1. The van der Waals surface area contributed by atoms with Gasteiger partial charge in [0.15, 0.2) is 0 Å². The smallest absolute Gasteiger partial charge is 0.268 e. The average Bonchev–Trinajstić information content (AvgIpc) is 3.07. The fraction of sp³-hybridized carbons (Fsp3) is 0.267. The van der Waals surface area contributed by atoms with Crippen LogP contribution in [0.15, 0.2) is 41.8 Å². The Hall–Kier alpha value is -1.65. The largest absolute Gasteiger partial charge is 0.330 e. The molecule has 3 rings (SSSR count). The molecule has 1 aromatic heterocycles. The molecule has 4 heteroatoms. The van der Waals surface area contributed by atoms with E-state index in [2.05, 4.69) is 6.07 Å². The van der Waals surface area contributed by atoms with E-state index in [4.69, 9.17) is 5.73 Å². The van der Waals surface area contributed by atoms with Crippen LogP contribution in [-0.4, -0.2) is 19.0 Å². The number of amides is 1. The molecule has 0 bridgehead atoms. The summed E-state index contributed by atoms with van der Waals surface area (Å²) in [6.45, 7) is 1.40. The number of rotatable bonds is 3. The summed E-state index contributed by atoms with van der Waals surface area (Å²) in [5, 5.41) is 1.94. The van der Waals surface area contributed by atoms with Crippen molar-refractivity contribution in [2.75, 3.05) is 18.0 Å². The number of para-hydroxylation sites is 1. The van der Waals surface area contributed by atoms with Crippen molar-refractivity contribution < 1.29 is 4.79 Å². The topological polar surface area (TPSA) is 46.3 Å². The summed E-state index contributed by atoms with van der Waals surface area (Å²) in [5.74, 6) is 0.465. The monoisotopic (exact) mass is 272 g/mol. The molecule has 0 aliphatic carbocycles. The van der Waals surface area contributed by atoms with Gasteiger partial charge >= 0.3 is 0 Å². The Morgan fingerprint density at radius 1 is 1.32 bits per heavy atom. The van der Waals surface area contributed by atoms with Gasteiger partial charge in [-0.1, -0.05) is 24.3 Å². The van der Waals surface area contributed by atoms with E-state index in [9.17, 15) is 4.79 Å². The molecule has 3 nitrogen and oxygen atoms in total. The minimum Gasteiger partial charge on any atom is -0.330 e. The zero-order valence-electron chi connectivity index (χ0n) is 10.6. The molecule has 0 saturated carbocycles. The van der Waals surface area contributed by atoms with Gasteiger partial charge < -0.3 is 10.6 Å². The number of hydrogen-bond donors (Lipinski definition) is 1. The van der Waals surface area contributed by atoms with Crippen LogP contribution in [0.3, 0.4) is 0 Å². The Balaban J connectivity index is 1.94. The van der Waals surface area contributed by atoms with Crippen molar-refractivity contribution in [1.29, 1.82) is 0 Å². The SMILES string of the molecule is NCCC1CN(C(=O)c2cccs2)c2ccccc21. The first kappa shape index (κ1) is 12.4. The molecule has 1 atom stereocenters. The van der Waals surface area contributed by atoms with Gasteiger partial charge in [-0.25, -0.2) is 0 Å². The van der Waals surface area contributed by atoms with Gasteiger partial charge in [0.1, 0.15) is 0 Å². The number of nitrogens with zero attached hydrogens (tertiary/aromatic N) is 1. The molecule has 1 amide bonds. The Morgan fingerprint density at radius 3 is 2.89 bits per heavy atom. The third-order valence-electron chi connectivity index (χ3n) is 3.56. The van der Waals surface area contributed by atoms with Crippen LogP contribution in [0.25, 0.3) is 0 Å². The minimum absolute atomic E-state index is 0.0990. The van der Waals surface area contributed by atoms with Crippen molar-refractivity contribution in [2.24, 2.45) is 5.73 Å². The van der Waals surface area contributed by atoms with Crippen LogP contribution < -0.4 is 10.6 Å². The zero-order chi connectivity index (χ0) is 13.2. The molecule has 2 N–H and O–H groups in total.